The van der Waals surface area contributed by atoms with E-state index in [1.165, 1.54) is 6.07 Å². The fourth-order valence-corrected chi connectivity index (χ4v) is 2.37. The van der Waals surface area contributed by atoms with E-state index in [0.29, 0.717) is 18.8 Å². The van der Waals surface area contributed by atoms with Crippen molar-refractivity contribution in [2.45, 2.75) is 46.2 Å². The van der Waals surface area contributed by atoms with Crippen molar-refractivity contribution in [1.82, 2.24) is 9.47 Å². The molecule has 0 aliphatic carbocycles. The van der Waals surface area contributed by atoms with Crippen LogP contribution in [0.5, 0.6) is 5.75 Å². The van der Waals surface area contributed by atoms with Gasteiger partial charge in [0.1, 0.15) is 0 Å². The SMILES string of the molecule is CCC(C)n1c(C)cc(=O)c(O)c1CN(C)CCC(=O)O. The van der Waals surface area contributed by atoms with Crippen LogP contribution in [0.1, 0.15) is 44.1 Å². The molecule has 1 heterocycles. The van der Waals surface area contributed by atoms with Crippen LogP contribution in [0.4, 0.5) is 0 Å². The zero-order chi connectivity index (χ0) is 16.2. The van der Waals surface area contributed by atoms with Gasteiger partial charge in [0, 0.05) is 30.9 Å². The molecule has 21 heavy (non-hydrogen) atoms. The molecular weight excluding hydrogens is 272 g/mol. The first-order chi connectivity index (χ1) is 9.77. The summed E-state index contributed by atoms with van der Waals surface area (Å²) in [5.41, 5.74) is 0.949. The second kappa shape index (κ2) is 7.26. The topological polar surface area (TPSA) is 82.8 Å². The highest BCUT2D eigenvalue weighted by Crippen LogP contribution is 2.22. The van der Waals surface area contributed by atoms with Crippen molar-refractivity contribution < 1.29 is 15.0 Å². The molecule has 0 radical (unpaired) electrons. The van der Waals surface area contributed by atoms with E-state index in [9.17, 15) is 14.7 Å². The van der Waals surface area contributed by atoms with Crippen molar-refractivity contribution in [3.05, 3.63) is 27.7 Å². The average Bonchev–Trinajstić information content (AvgIpc) is 2.41. The van der Waals surface area contributed by atoms with Crippen molar-refractivity contribution in [2.75, 3.05) is 13.6 Å². The van der Waals surface area contributed by atoms with Gasteiger partial charge >= 0.3 is 5.97 Å². The summed E-state index contributed by atoms with van der Waals surface area (Å²) in [6.45, 7) is 6.60. The van der Waals surface area contributed by atoms with Crippen molar-refractivity contribution in [3.63, 3.8) is 0 Å². The Bertz CT molecular complexity index is 566. The maximum absolute atomic E-state index is 11.8. The highest BCUT2D eigenvalue weighted by molar-refractivity contribution is 5.66. The van der Waals surface area contributed by atoms with E-state index in [1.807, 2.05) is 25.3 Å². The number of rotatable bonds is 7. The minimum absolute atomic E-state index is 0.0244. The van der Waals surface area contributed by atoms with E-state index in [0.717, 1.165) is 12.1 Å². The van der Waals surface area contributed by atoms with Crippen molar-refractivity contribution in [3.8, 4) is 5.75 Å². The molecule has 6 heteroatoms. The van der Waals surface area contributed by atoms with E-state index >= 15 is 0 Å². The van der Waals surface area contributed by atoms with Crippen LogP contribution in [0, 0.1) is 6.92 Å². The third-order valence-electron chi connectivity index (χ3n) is 3.68. The molecule has 0 fully saturated rings. The van der Waals surface area contributed by atoms with Gasteiger partial charge in [-0.1, -0.05) is 6.92 Å². The minimum Gasteiger partial charge on any atom is -0.503 e. The molecule has 0 aromatic carbocycles. The van der Waals surface area contributed by atoms with Crippen LogP contribution in [0.25, 0.3) is 0 Å². The Morgan fingerprint density at radius 3 is 2.62 bits per heavy atom. The Labute approximate surface area is 124 Å². The van der Waals surface area contributed by atoms with E-state index in [4.69, 9.17) is 5.11 Å². The van der Waals surface area contributed by atoms with Gasteiger partial charge in [-0.05, 0) is 27.3 Å². The Morgan fingerprint density at radius 1 is 1.48 bits per heavy atom. The summed E-state index contributed by atoms with van der Waals surface area (Å²) in [7, 11) is 1.77. The monoisotopic (exact) mass is 296 g/mol. The number of aryl methyl sites for hydroxylation is 1. The smallest absolute Gasteiger partial charge is 0.304 e. The van der Waals surface area contributed by atoms with Gasteiger partial charge in [-0.2, -0.15) is 0 Å². The zero-order valence-electron chi connectivity index (χ0n) is 13.1. The van der Waals surface area contributed by atoms with E-state index in [-0.39, 0.29) is 18.2 Å². The lowest BCUT2D eigenvalue weighted by atomic mass is 10.1. The first kappa shape index (κ1) is 17.2. The number of hydrogen-bond acceptors (Lipinski definition) is 4. The van der Waals surface area contributed by atoms with Crippen LogP contribution >= 0.6 is 0 Å². The van der Waals surface area contributed by atoms with Gasteiger partial charge in [-0.15, -0.1) is 0 Å². The molecule has 1 rings (SSSR count). The number of carbonyl (C=O) groups is 1. The standard InChI is InChI=1S/C15H24N2O4/c1-5-10(2)17-11(3)8-13(18)15(21)12(17)9-16(4)7-6-14(19)20/h8,10,21H,5-7,9H2,1-4H3,(H,19,20). The number of aliphatic carboxylic acids is 1. The lowest BCUT2D eigenvalue weighted by Crippen LogP contribution is -2.27. The largest absolute Gasteiger partial charge is 0.503 e. The molecule has 1 unspecified atom stereocenters. The van der Waals surface area contributed by atoms with Gasteiger partial charge in [0.15, 0.2) is 5.75 Å². The van der Waals surface area contributed by atoms with Crippen molar-refractivity contribution in [2.24, 2.45) is 0 Å². The van der Waals surface area contributed by atoms with E-state index in [2.05, 4.69) is 0 Å². The lowest BCUT2D eigenvalue weighted by molar-refractivity contribution is -0.137. The van der Waals surface area contributed by atoms with Gasteiger partial charge in [-0.25, -0.2) is 0 Å². The van der Waals surface area contributed by atoms with Gasteiger partial charge in [-0.3, -0.25) is 14.5 Å². The predicted octanol–water partition coefficient (Wildman–Crippen LogP) is 1.74. The fraction of sp³-hybridized carbons (Fsp3) is 0.600. The number of carboxylic acids is 1. The molecule has 6 nitrogen and oxygen atoms in total. The number of pyridine rings is 1. The predicted molar refractivity (Wildman–Crippen MR) is 80.7 cm³/mol. The number of hydrogen-bond donors (Lipinski definition) is 2. The molecule has 1 aromatic rings. The normalized spacial score (nSPS) is 12.6. The van der Waals surface area contributed by atoms with E-state index in [1.54, 1.807) is 11.9 Å². The van der Waals surface area contributed by atoms with Gasteiger partial charge in [0.25, 0.3) is 0 Å². The Morgan fingerprint density at radius 2 is 2.10 bits per heavy atom. The molecule has 118 valence electrons. The van der Waals surface area contributed by atoms with Gasteiger partial charge in [0.05, 0.1) is 12.1 Å². The summed E-state index contributed by atoms with van der Waals surface area (Å²) in [4.78, 5) is 24.2. The summed E-state index contributed by atoms with van der Waals surface area (Å²) in [5, 5.41) is 18.8. The summed E-state index contributed by atoms with van der Waals surface area (Å²) >= 11 is 0. The van der Waals surface area contributed by atoms with Crippen molar-refractivity contribution in [1.29, 1.82) is 0 Å². The molecule has 0 amide bonds. The quantitative estimate of drug-likeness (QED) is 0.801. The third kappa shape index (κ3) is 4.32. The summed E-state index contributed by atoms with van der Waals surface area (Å²) < 4.78 is 1.95. The molecule has 1 atom stereocenters. The first-order valence-electron chi connectivity index (χ1n) is 7.12. The molecule has 0 aliphatic heterocycles. The van der Waals surface area contributed by atoms with Gasteiger partial charge in [0.2, 0.25) is 5.43 Å². The second-order valence-corrected chi connectivity index (χ2v) is 5.45. The molecule has 0 saturated heterocycles. The number of aromatic nitrogens is 1. The Hall–Kier alpha value is -1.82. The number of carboxylic acid groups (broad SMARTS) is 1. The van der Waals surface area contributed by atoms with E-state index < -0.39 is 11.4 Å². The zero-order valence-corrected chi connectivity index (χ0v) is 13.1. The van der Waals surface area contributed by atoms with Crippen LogP contribution in [-0.4, -0.2) is 39.2 Å². The number of aromatic hydroxyl groups is 1. The summed E-state index contributed by atoms with van der Waals surface area (Å²) in [6.07, 6.45) is 0.894. The Balaban J connectivity index is 3.14. The molecule has 0 aliphatic rings. The second-order valence-electron chi connectivity index (χ2n) is 5.45. The van der Waals surface area contributed by atoms with Crippen LogP contribution in [-0.2, 0) is 11.3 Å². The van der Waals surface area contributed by atoms with Crippen LogP contribution in [0.15, 0.2) is 10.9 Å². The third-order valence-corrected chi connectivity index (χ3v) is 3.68. The highest BCUT2D eigenvalue weighted by atomic mass is 16.4. The highest BCUT2D eigenvalue weighted by Gasteiger charge is 2.18. The minimum atomic E-state index is -0.866. The molecule has 0 saturated carbocycles. The molecular formula is C15H24N2O4. The van der Waals surface area contributed by atoms with Crippen LogP contribution in [0.3, 0.4) is 0 Å². The molecule has 0 bridgehead atoms. The molecule has 0 spiro atoms. The van der Waals surface area contributed by atoms with Crippen molar-refractivity contribution >= 4 is 5.97 Å². The molecule has 1 aromatic heterocycles. The average molecular weight is 296 g/mol. The first-order valence-corrected chi connectivity index (χ1v) is 7.12. The fourth-order valence-electron chi connectivity index (χ4n) is 2.37. The molecule has 2 N–H and O–H groups in total. The van der Waals surface area contributed by atoms with Crippen LogP contribution in [0.2, 0.25) is 0 Å². The number of nitrogens with zero attached hydrogens (tertiary/aromatic N) is 2. The Kier molecular flexibility index (Phi) is 5.96. The van der Waals surface area contributed by atoms with Gasteiger partial charge < -0.3 is 14.8 Å². The maximum Gasteiger partial charge on any atom is 0.304 e. The van der Waals surface area contributed by atoms with Crippen LogP contribution < -0.4 is 5.43 Å². The maximum atomic E-state index is 11.8. The summed E-state index contributed by atoms with van der Waals surface area (Å²) in [5.74, 6) is -1.11. The lowest BCUT2D eigenvalue weighted by Gasteiger charge is -2.26. The summed E-state index contributed by atoms with van der Waals surface area (Å²) in [6, 6.07) is 1.58.